The molecule has 20 heavy (non-hydrogen) atoms. The average Bonchev–Trinajstić information content (AvgIpc) is 2.87. The van der Waals surface area contributed by atoms with Crippen molar-refractivity contribution < 1.29 is 4.39 Å². The summed E-state index contributed by atoms with van der Waals surface area (Å²) in [7, 11) is 0. The van der Waals surface area contributed by atoms with E-state index in [1.165, 1.54) is 11.1 Å². The number of hydrogen-bond acceptors (Lipinski definition) is 3. The van der Waals surface area contributed by atoms with Gasteiger partial charge in [0.2, 0.25) is 0 Å². The first-order valence-corrected chi connectivity index (χ1v) is 7.03. The summed E-state index contributed by atoms with van der Waals surface area (Å²) in [5.74, 6) is 0.984. The summed E-state index contributed by atoms with van der Waals surface area (Å²) in [6, 6.07) is 8.41. The lowest BCUT2D eigenvalue weighted by atomic mass is 10.1. The van der Waals surface area contributed by atoms with E-state index in [1.807, 2.05) is 6.92 Å². The number of nitrogens with one attached hydrogen (secondary N) is 1. The Morgan fingerprint density at radius 3 is 2.45 bits per heavy atom. The maximum atomic E-state index is 13.9. The molecule has 0 unspecified atom stereocenters. The van der Waals surface area contributed by atoms with Gasteiger partial charge in [-0.15, -0.1) is 0 Å². The molecule has 0 radical (unpaired) electrons. The molecule has 0 aliphatic heterocycles. The Morgan fingerprint density at radius 2 is 1.85 bits per heavy atom. The second-order valence-corrected chi connectivity index (χ2v) is 5.23. The lowest BCUT2D eigenvalue weighted by molar-refractivity contribution is 0.587. The summed E-state index contributed by atoms with van der Waals surface area (Å²) in [6.45, 7) is 4.28. The largest absolute Gasteiger partial charge is 0.368 e. The molecule has 2 aromatic rings. The van der Waals surface area contributed by atoms with E-state index in [9.17, 15) is 4.39 Å². The summed E-state index contributed by atoms with van der Waals surface area (Å²) in [5.41, 5.74) is 3.13. The lowest BCUT2D eigenvalue weighted by Gasteiger charge is -2.12. The van der Waals surface area contributed by atoms with Crippen LogP contribution >= 0.6 is 0 Å². The number of benzene rings is 1. The lowest BCUT2D eigenvalue weighted by Crippen LogP contribution is -2.12. The van der Waals surface area contributed by atoms with Gasteiger partial charge in [-0.1, -0.05) is 24.3 Å². The first-order valence-electron chi connectivity index (χ1n) is 7.03. The molecule has 0 atom stereocenters. The molecule has 1 aromatic carbocycles. The highest BCUT2D eigenvalue weighted by Crippen LogP contribution is 2.33. The molecular weight excluding hydrogens is 253 g/mol. The SMILES string of the molecule is CCNc1nc(C2Cc3ccccc3C2)nc(C)c1F. The van der Waals surface area contributed by atoms with E-state index in [0.29, 0.717) is 18.1 Å². The summed E-state index contributed by atoms with van der Waals surface area (Å²) in [6.07, 6.45) is 1.87. The topological polar surface area (TPSA) is 37.8 Å². The van der Waals surface area contributed by atoms with Crippen molar-refractivity contribution in [3.8, 4) is 0 Å². The molecule has 3 nitrogen and oxygen atoms in total. The number of anilines is 1. The fourth-order valence-electron chi connectivity index (χ4n) is 2.79. The highest BCUT2D eigenvalue weighted by molar-refractivity contribution is 5.40. The van der Waals surface area contributed by atoms with Gasteiger partial charge in [0.05, 0.1) is 5.69 Å². The Labute approximate surface area is 118 Å². The summed E-state index contributed by atoms with van der Waals surface area (Å²) < 4.78 is 13.9. The molecule has 0 saturated heterocycles. The molecule has 0 fully saturated rings. The molecular formula is C16H18FN3. The third kappa shape index (κ3) is 2.26. The number of nitrogens with zero attached hydrogens (tertiary/aromatic N) is 2. The smallest absolute Gasteiger partial charge is 0.186 e. The predicted molar refractivity (Wildman–Crippen MR) is 77.5 cm³/mol. The van der Waals surface area contributed by atoms with Crippen LogP contribution in [0.25, 0.3) is 0 Å². The normalized spacial score (nSPS) is 14.3. The molecule has 1 heterocycles. The van der Waals surface area contributed by atoms with Crippen molar-refractivity contribution in [1.29, 1.82) is 0 Å². The molecule has 0 bridgehead atoms. The van der Waals surface area contributed by atoms with E-state index in [4.69, 9.17) is 0 Å². The molecule has 104 valence electrons. The number of aromatic nitrogens is 2. The van der Waals surface area contributed by atoms with Gasteiger partial charge in [0.15, 0.2) is 11.6 Å². The van der Waals surface area contributed by atoms with E-state index in [2.05, 4.69) is 39.6 Å². The van der Waals surface area contributed by atoms with Crippen molar-refractivity contribution in [2.75, 3.05) is 11.9 Å². The highest BCUT2D eigenvalue weighted by Gasteiger charge is 2.26. The van der Waals surface area contributed by atoms with E-state index < -0.39 is 0 Å². The molecule has 1 aliphatic rings. The third-order valence-corrected chi connectivity index (χ3v) is 3.79. The van der Waals surface area contributed by atoms with E-state index >= 15 is 0 Å². The Kier molecular flexibility index (Phi) is 3.38. The molecule has 1 N–H and O–H groups in total. The van der Waals surface area contributed by atoms with Crippen LogP contribution in [-0.4, -0.2) is 16.5 Å². The second-order valence-electron chi connectivity index (χ2n) is 5.23. The maximum absolute atomic E-state index is 13.9. The van der Waals surface area contributed by atoms with Crippen LogP contribution in [-0.2, 0) is 12.8 Å². The van der Waals surface area contributed by atoms with E-state index in [-0.39, 0.29) is 11.7 Å². The van der Waals surface area contributed by atoms with Crippen LogP contribution in [0.4, 0.5) is 10.2 Å². The fourth-order valence-corrected chi connectivity index (χ4v) is 2.79. The number of aryl methyl sites for hydroxylation is 1. The van der Waals surface area contributed by atoms with Crippen molar-refractivity contribution in [1.82, 2.24) is 9.97 Å². The van der Waals surface area contributed by atoms with Gasteiger partial charge >= 0.3 is 0 Å². The molecule has 1 aromatic heterocycles. The van der Waals surface area contributed by atoms with Gasteiger partial charge in [0, 0.05) is 12.5 Å². The minimum absolute atomic E-state index is 0.254. The van der Waals surface area contributed by atoms with Crippen molar-refractivity contribution in [2.45, 2.75) is 32.6 Å². The van der Waals surface area contributed by atoms with Gasteiger partial charge in [0.25, 0.3) is 0 Å². The van der Waals surface area contributed by atoms with Gasteiger partial charge in [-0.05, 0) is 37.8 Å². The van der Waals surface area contributed by atoms with Crippen LogP contribution in [0.15, 0.2) is 24.3 Å². The Morgan fingerprint density at radius 1 is 1.20 bits per heavy atom. The van der Waals surface area contributed by atoms with Crippen LogP contribution in [0.2, 0.25) is 0 Å². The maximum Gasteiger partial charge on any atom is 0.186 e. The number of rotatable bonds is 3. The molecule has 4 heteroatoms. The number of fused-ring (bicyclic) bond motifs is 1. The van der Waals surface area contributed by atoms with E-state index in [0.717, 1.165) is 18.7 Å². The van der Waals surface area contributed by atoms with Crippen LogP contribution in [0.5, 0.6) is 0 Å². The zero-order valence-electron chi connectivity index (χ0n) is 11.8. The van der Waals surface area contributed by atoms with Crippen molar-refractivity contribution in [3.63, 3.8) is 0 Å². The average molecular weight is 271 g/mol. The molecule has 0 saturated carbocycles. The third-order valence-electron chi connectivity index (χ3n) is 3.79. The summed E-state index contributed by atoms with van der Waals surface area (Å²) >= 11 is 0. The van der Waals surface area contributed by atoms with Crippen molar-refractivity contribution >= 4 is 5.82 Å². The number of halogens is 1. The zero-order chi connectivity index (χ0) is 14.1. The van der Waals surface area contributed by atoms with Gasteiger partial charge < -0.3 is 5.32 Å². The van der Waals surface area contributed by atoms with Gasteiger partial charge in [-0.3, -0.25) is 0 Å². The molecule has 3 rings (SSSR count). The minimum Gasteiger partial charge on any atom is -0.368 e. The van der Waals surface area contributed by atoms with Gasteiger partial charge in [-0.2, -0.15) is 0 Å². The van der Waals surface area contributed by atoms with Crippen molar-refractivity contribution in [3.05, 3.63) is 52.7 Å². The summed E-state index contributed by atoms with van der Waals surface area (Å²) in [5, 5.41) is 2.98. The number of hydrogen-bond donors (Lipinski definition) is 1. The van der Waals surface area contributed by atoms with Crippen LogP contribution in [0.3, 0.4) is 0 Å². The van der Waals surface area contributed by atoms with Gasteiger partial charge in [0.1, 0.15) is 5.82 Å². The van der Waals surface area contributed by atoms with Gasteiger partial charge in [-0.25, -0.2) is 14.4 Å². The van der Waals surface area contributed by atoms with Crippen molar-refractivity contribution in [2.24, 2.45) is 0 Å². The van der Waals surface area contributed by atoms with Crippen LogP contribution in [0, 0.1) is 12.7 Å². The molecule has 0 spiro atoms. The Bertz CT molecular complexity index is 615. The van der Waals surface area contributed by atoms with E-state index in [1.54, 1.807) is 6.92 Å². The minimum atomic E-state index is -0.342. The van der Waals surface area contributed by atoms with Crippen LogP contribution < -0.4 is 5.32 Å². The first kappa shape index (κ1) is 13.0. The summed E-state index contributed by atoms with van der Waals surface area (Å²) in [4.78, 5) is 8.75. The Balaban J connectivity index is 1.93. The standard InChI is InChI=1S/C16H18FN3/c1-3-18-16-14(17)10(2)19-15(20-16)13-8-11-6-4-5-7-12(11)9-13/h4-7,13H,3,8-9H2,1-2H3,(H,18,19,20). The quantitative estimate of drug-likeness (QED) is 0.931. The zero-order valence-corrected chi connectivity index (χ0v) is 11.8. The highest BCUT2D eigenvalue weighted by atomic mass is 19.1. The fraction of sp³-hybridized carbons (Fsp3) is 0.375. The first-order chi connectivity index (χ1) is 9.69. The molecule has 0 amide bonds. The second kappa shape index (κ2) is 5.19. The Hall–Kier alpha value is -1.97. The predicted octanol–water partition coefficient (Wildman–Crippen LogP) is 3.24. The monoisotopic (exact) mass is 271 g/mol. The van der Waals surface area contributed by atoms with Crippen LogP contribution in [0.1, 0.15) is 35.5 Å². The molecule has 1 aliphatic carbocycles.